The molecule has 0 spiro atoms. The second kappa shape index (κ2) is 9.06. The third-order valence-electron chi connectivity index (χ3n) is 5.29. The van der Waals surface area contributed by atoms with E-state index in [9.17, 15) is 13.2 Å². The summed E-state index contributed by atoms with van der Waals surface area (Å²) in [4.78, 5) is 14.4. The van der Waals surface area contributed by atoms with E-state index < -0.39 is 10.0 Å². The van der Waals surface area contributed by atoms with Gasteiger partial charge in [0.1, 0.15) is 5.76 Å². The van der Waals surface area contributed by atoms with Crippen molar-refractivity contribution in [1.29, 1.82) is 0 Å². The van der Waals surface area contributed by atoms with Gasteiger partial charge in [0, 0.05) is 32.2 Å². The average molecular weight is 421 g/mol. The Hall–Kier alpha value is -2.23. The Labute approximate surface area is 171 Å². The highest BCUT2D eigenvalue weighted by Crippen LogP contribution is 2.23. The van der Waals surface area contributed by atoms with Crippen molar-refractivity contribution in [1.82, 2.24) is 14.4 Å². The molecule has 1 amide bonds. The number of anilines is 1. The first kappa shape index (κ1) is 21.5. The third kappa shape index (κ3) is 5.23. The van der Waals surface area contributed by atoms with Crippen molar-refractivity contribution in [3.05, 3.63) is 41.7 Å². The highest BCUT2D eigenvalue weighted by molar-refractivity contribution is 7.89. The van der Waals surface area contributed by atoms with Gasteiger partial charge in [-0.3, -0.25) is 9.69 Å². The van der Waals surface area contributed by atoms with Crippen molar-refractivity contribution in [3.8, 4) is 0 Å². The predicted octanol–water partition coefficient (Wildman–Crippen LogP) is 2.44. The Morgan fingerprint density at radius 2 is 1.86 bits per heavy atom. The summed E-state index contributed by atoms with van der Waals surface area (Å²) in [6.07, 6.45) is 1.01. The van der Waals surface area contributed by atoms with Crippen LogP contribution < -0.4 is 5.32 Å². The highest BCUT2D eigenvalue weighted by atomic mass is 32.2. The van der Waals surface area contributed by atoms with E-state index >= 15 is 0 Å². The lowest BCUT2D eigenvalue weighted by molar-refractivity contribution is -0.117. The number of rotatable bonds is 7. The van der Waals surface area contributed by atoms with Gasteiger partial charge >= 0.3 is 0 Å². The molecular weight excluding hydrogens is 392 g/mol. The second-order valence-electron chi connectivity index (χ2n) is 7.43. The molecule has 0 radical (unpaired) electrons. The van der Waals surface area contributed by atoms with Gasteiger partial charge in [0.05, 0.1) is 11.4 Å². The molecule has 1 aromatic heterocycles. The van der Waals surface area contributed by atoms with E-state index in [1.54, 1.807) is 25.1 Å². The van der Waals surface area contributed by atoms with Crippen LogP contribution in [0.15, 0.2) is 39.8 Å². The maximum atomic E-state index is 12.9. The lowest BCUT2D eigenvalue weighted by atomic mass is 9.99. The van der Waals surface area contributed by atoms with Crippen LogP contribution in [0.5, 0.6) is 0 Å². The number of nitrogens with one attached hydrogen (secondary N) is 1. The zero-order valence-electron chi connectivity index (χ0n) is 17.1. The Kier molecular flexibility index (Phi) is 6.71. The number of benzene rings is 1. The van der Waals surface area contributed by atoms with Crippen LogP contribution in [-0.2, 0) is 14.8 Å². The topological polar surface area (TPSA) is 95.8 Å². The van der Waals surface area contributed by atoms with Crippen LogP contribution >= 0.6 is 0 Å². The van der Waals surface area contributed by atoms with Crippen molar-refractivity contribution < 1.29 is 17.7 Å². The van der Waals surface area contributed by atoms with Crippen LogP contribution in [0, 0.1) is 6.92 Å². The number of hydrogen-bond donors (Lipinski definition) is 1. The molecule has 3 rings (SSSR count). The summed E-state index contributed by atoms with van der Waals surface area (Å²) in [6, 6.07) is 8.82. The number of amides is 1. The maximum Gasteiger partial charge on any atom is 0.243 e. The summed E-state index contributed by atoms with van der Waals surface area (Å²) in [6.45, 7) is 7.87. The molecule has 8 nitrogen and oxygen atoms in total. The Bertz CT molecular complexity index is 932. The van der Waals surface area contributed by atoms with Crippen LogP contribution in [-0.4, -0.2) is 61.4 Å². The minimum absolute atomic E-state index is 0.184. The molecule has 0 saturated carbocycles. The monoisotopic (exact) mass is 420 g/mol. The number of aromatic nitrogens is 1. The van der Waals surface area contributed by atoms with Crippen LogP contribution in [0.4, 0.5) is 5.82 Å². The minimum atomic E-state index is -3.53. The van der Waals surface area contributed by atoms with Gasteiger partial charge in [-0.1, -0.05) is 31.1 Å². The molecule has 1 atom stereocenters. The lowest BCUT2D eigenvalue weighted by Gasteiger charge is -2.33. The van der Waals surface area contributed by atoms with E-state index in [2.05, 4.69) is 24.3 Å². The van der Waals surface area contributed by atoms with E-state index in [0.29, 0.717) is 48.6 Å². The van der Waals surface area contributed by atoms with Gasteiger partial charge in [-0.05, 0) is 37.0 Å². The summed E-state index contributed by atoms with van der Waals surface area (Å²) < 4.78 is 32.3. The largest absolute Gasteiger partial charge is 0.360 e. The van der Waals surface area contributed by atoms with E-state index in [-0.39, 0.29) is 12.5 Å². The quantitative estimate of drug-likeness (QED) is 0.739. The van der Waals surface area contributed by atoms with Gasteiger partial charge in [-0.25, -0.2) is 8.42 Å². The van der Waals surface area contributed by atoms with Crippen LogP contribution in [0.1, 0.15) is 37.5 Å². The predicted molar refractivity (Wildman–Crippen MR) is 110 cm³/mol. The Morgan fingerprint density at radius 3 is 2.41 bits per heavy atom. The van der Waals surface area contributed by atoms with Crippen LogP contribution in [0.25, 0.3) is 0 Å². The SMILES string of the molecule is CC[C@@H](C)c1ccc(S(=O)(=O)N2CCN(CC(=O)Nc3cc(C)on3)CC2)cc1. The first-order valence-electron chi connectivity index (χ1n) is 9.85. The van der Waals surface area contributed by atoms with Gasteiger partial charge in [0.15, 0.2) is 5.82 Å². The molecule has 9 heteroatoms. The molecule has 1 fully saturated rings. The summed E-state index contributed by atoms with van der Waals surface area (Å²) in [7, 11) is -3.53. The Morgan fingerprint density at radius 1 is 1.21 bits per heavy atom. The number of carbonyl (C=O) groups is 1. The van der Waals surface area contributed by atoms with Crippen molar-refractivity contribution in [3.63, 3.8) is 0 Å². The number of nitrogens with zero attached hydrogens (tertiary/aromatic N) is 3. The van der Waals surface area contributed by atoms with E-state index in [1.165, 1.54) is 4.31 Å². The lowest BCUT2D eigenvalue weighted by Crippen LogP contribution is -2.50. The summed E-state index contributed by atoms with van der Waals surface area (Å²) in [5.74, 6) is 1.21. The fraction of sp³-hybridized carbons (Fsp3) is 0.500. The Balaban J connectivity index is 1.54. The number of piperazine rings is 1. The van der Waals surface area contributed by atoms with Crippen LogP contribution in [0.3, 0.4) is 0 Å². The zero-order valence-corrected chi connectivity index (χ0v) is 17.9. The highest BCUT2D eigenvalue weighted by Gasteiger charge is 2.29. The standard InChI is InChI=1S/C20H28N4O4S/c1-4-15(2)17-5-7-18(8-6-17)29(26,27)24-11-9-23(10-12-24)14-20(25)21-19-13-16(3)28-22-19/h5-8,13,15H,4,9-12,14H2,1-3H3,(H,21,22,25)/t15-/m1/s1. The number of hydrogen-bond acceptors (Lipinski definition) is 6. The molecule has 1 N–H and O–H groups in total. The molecule has 1 aliphatic heterocycles. The van der Waals surface area contributed by atoms with Crippen molar-refractivity contribution >= 4 is 21.7 Å². The fourth-order valence-electron chi connectivity index (χ4n) is 3.29. The van der Waals surface area contributed by atoms with Crippen molar-refractivity contribution in [2.75, 3.05) is 38.0 Å². The van der Waals surface area contributed by atoms with E-state index in [4.69, 9.17) is 4.52 Å². The number of aryl methyl sites for hydroxylation is 1. The minimum Gasteiger partial charge on any atom is -0.360 e. The molecule has 0 unspecified atom stereocenters. The molecule has 2 aromatic rings. The van der Waals surface area contributed by atoms with Crippen LogP contribution in [0.2, 0.25) is 0 Å². The van der Waals surface area contributed by atoms with Gasteiger partial charge in [-0.2, -0.15) is 4.31 Å². The average Bonchev–Trinajstić information content (AvgIpc) is 3.12. The van der Waals surface area contributed by atoms with Crippen molar-refractivity contribution in [2.45, 2.75) is 38.0 Å². The number of carbonyl (C=O) groups excluding carboxylic acids is 1. The maximum absolute atomic E-state index is 12.9. The summed E-state index contributed by atoms with van der Waals surface area (Å²) in [5, 5.41) is 6.42. The third-order valence-corrected chi connectivity index (χ3v) is 7.21. The van der Waals surface area contributed by atoms with Gasteiger partial charge in [0.25, 0.3) is 0 Å². The zero-order chi connectivity index (χ0) is 21.0. The smallest absolute Gasteiger partial charge is 0.243 e. The first-order chi connectivity index (χ1) is 13.8. The first-order valence-corrected chi connectivity index (χ1v) is 11.3. The molecule has 1 aliphatic rings. The van der Waals surface area contributed by atoms with Gasteiger partial charge < -0.3 is 9.84 Å². The molecule has 29 heavy (non-hydrogen) atoms. The van der Waals surface area contributed by atoms with E-state index in [0.717, 1.165) is 12.0 Å². The summed E-state index contributed by atoms with van der Waals surface area (Å²) >= 11 is 0. The molecular formula is C20H28N4O4S. The molecule has 0 bridgehead atoms. The van der Waals surface area contributed by atoms with Gasteiger partial charge in [0.2, 0.25) is 15.9 Å². The molecule has 0 aliphatic carbocycles. The molecule has 2 heterocycles. The van der Waals surface area contributed by atoms with E-state index in [1.807, 2.05) is 17.0 Å². The molecule has 1 aromatic carbocycles. The summed E-state index contributed by atoms with van der Waals surface area (Å²) in [5.41, 5.74) is 1.14. The van der Waals surface area contributed by atoms with Gasteiger partial charge in [-0.15, -0.1) is 0 Å². The normalized spacial score (nSPS) is 17.2. The second-order valence-corrected chi connectivity index (χ2v) is 9.37. The molecule has 1 saturated heterocycles. The fourth-order valence-corrected chi connectivity index (χ4v) is 4.71. The number of sulfonamides is 1. The van der Waals surface area contributed by atoms with Crippen molar-refractivity contribution in [2.24, 2.45) is 0 Å². The molecule has 158 valence electrons.